The molecule has 0 fully saturated rings. The Labute approximate surface area is 99.9 Å². The molecule has 2 nitrogen and oxygen atoms in total. The lowest BCUT2D eigenvalue weighted by Gasteiger charge is -2.30. The van der Waals surface area contributed by atoms with Crippen LogP contribution in [0, 0.1) is 6.92 Å². The third-order valence-corrected chi connectivity index (χ3v) is 5.09. The van der Waals surface area contributed by atoms with Crippen LogP contribution in [0.25, 0.3) is 0 Å². The van der Waals surface area contributed by atoms with Gasteiger partial charge in [0.05, 0.1) is 10.8 Å². The van der Waals surface area contributed by atoms with Crippen LogP contribution in [0.15, 0.2) is 23.1 Å². The summed E-state index contributed by atoms with van der Waals surface area (Å²) < 4.78 is 12.3. The third kappa shape index (κ3) is 1.94. The largest absolute Gasteiger partial charge is 0.310 e. The van der Waals surface area contributed by atoms with E-state index in [9.17, 15) is 4.21 Å². The van der Waals surface area contributed by atoms with Crippen molar-refractivity contribution in [1.82, 2.24) is 5.32 Å². The Hall–Kier alpha value is -0.670. The van der Waals surface area contributed by atoms with Gasteiger partial charge >= 0.3 is 0 Å². The lowest BCUT2D eigenvalue weighted by atomic mass is 9.99. The van der Waals surface area contributed by atoms with Crippen molar-refractivity contribution in [3.05, 3.63) is 29.3 Å². The van der Waals surface area contributed by atoms with E-state index >= 15 is 0 Å². The zero-order chi connectivity index (χ0) is 11.7. The molecule has 1 aromatic rings. The highest BCUT2D eigenvalue weighted by atomic mass is 32.2. The maximum atomic E-state index is 12.3. The lowest BCUT2D eigenvalue weighted by molar-refractivity contribution is 0.490. The van der Waals surface area contributed by atoms with E-state index in [0.717, 1.165) is 23.4 Å². The van der Waals surface area contributed by atoms with Crippen LogP contribution < -0.4 is 5.32 Å². The van der Waals surface area contributed by atoms with E-state index in [-0.39, 0.29) is 5.25 Å². The van der Waals surface area contributed by atoms with E-state index < -0.39 is 10.8 Å². The van der Waals surface area contributed by atoms with Crippen LogP contribution >= 0.6 is 0 Å². The Morgan fingerprint density at radius 2 is 2.25 bits per heavy atom. The zero-order valence-electron chi connectivity index (χ0n) is 10.1. The molecule has 3 unspecified atom stereocenters. The number of rotatable bonds is 2. The van der Waals surface area contributed by atoms with Crippen molar-refractivity contribution in [2.75, 3.05) is 6.54 Å². The van der Waals surface area contributed by atoms with Gasteiger partial charge in [-0.15, -0.1) is 0 Å². The predicted octanol–water partition coefficient (Wildman–Crippen LogP) is 2.55. The summed E-state index contributed by atoms with van der Waals surface area (Å²) in [5.41, 5.74) is 2.39. The molecule has 0 bridgehead atoms. The SMILES string of the molecule is CCNC1CC(C)S(=O)c2c(C)cccc21. The molecule has 0 spiro atoms. The minimum Gasteiger partial charge on any atom is -0.310 e. The van der Waals surface area contributed by atoms with Crippen molar-refractivity contribution in [2.45, 2.75) is 43.4 Å². The molecular formula is C13H19NOS. The summed E-state index contributed by atoms with van der Waals surface area (Å²) in [6.07, 6.45) is 0.969. The normalized spacial score (nSPS) is 28.8. The van der Waals surface area contributed by atoms with Gasteiger partial charge in [0, 0.05) is 16.2 Å². The van der Waals surface area contributed by atoms with Crippen molar-refractivity contribution >= 4 is 10.8 Å². The van der Waals surface area contributed by atoms with Crippen LogP contribution in [0.5, 0.6) is 0 Å². The van der Waals surface area contributed by atoms with Gasteiger partial charge in [0.15, 0.2) is 0 Å². The first kappa shape index (κ1) is 11.8. The van der Waals surface area contributed by atoms with E-state index in [1.807, 2.05) is 0 Å². The number of nitrogens with one attached hydrogen (secondary N) is 1. The Morgan fingerprint density at radius 3 is 2.94 bits per heavy atom. The second-order valence-corrected chi connectivity index (χ2v) is 6.26. The van der Waals surface area contributed by atoms with E-state index in [1.54, 1.807) is 0 Å². The number of benzene rings is 1. The summed E-state index contributed by atoms with van der Waals surface area (Å²) in [5, 5.41) is 3.73. The maximum Gasteiger partial charge on any atom is 0.0564 e. The van der Waals surface area contributed by atoms with Gasteiger partial charge in [0.2, 0.25) is 0 Å². The number of hydrogen-bond donors (Lipinski definition) is 1. The molecule has 1 heterocycles. The molecule has 0 aromatic heterocycles. The molecule has 16 heavy (non-hydrogen) atoms. The fourth-order valence-corrected chi connectivity index (χ4v) is 4.01. The van der Waals surface area contributed by atoms with Gasteiger partial charge in [-0.05, 0) is 31.0 Å². The molecule has 3 atom stereocenters. The first-order chi connectivity index (χ1) is 7.65. The summed E-state index contributed by atoms with van der Waals surface area (Å²) in [7, 11) is -0.836. The molecule has 1 N–H and O–H groups in total. The highest BCUT2D eigenvalue weighted by Crippen LogP contribution is 2.35. The molecule has 1 aromatic carbocycles. The number of aryl methyl sites for hydroxylation is 1. The minimum atomic E-state index is -0.836. The van der Waals surface area contributed by atoms with Crippen LogP contribution in [-0.4, -0.2) is 16.0 Å². The minimum absolute atomic E-state index is 0.248. The second kappa shape index (κ2) is 4.68. The maximum absolute atomic E-state index is 12.3. The van der Waals surface area contributed by atoms with E-state index in [1.165, 1.54) is 5.56 Å². The van der Waals surface area contributed by atoms with Crippen LogP contribution in [0.3, 0.4) is 0 Å². The van der Waals surface area contributed by atoms with Gasteiger partial charge in [-0.2, -0.15) is 0 Å². The molecule has 0 amide bonds. The van der Waals surface area contributed by atoms with Crippen molar-refractivity contribution in [2.24, 2.45) is 0 Å². The quantitative estimate of drug-likeness (QED) is 0.856. The van der Waals surface area contributed by atoms with Gasteiger partial charge in [-0.25, -0.2) is 0 Å². The standard InChI is InChI=1S/C13H19NOS/c1-4-14-12-8-10(3)16(15)13-9(2)6-5-7-11(12)13/h5-7,10,12,14H,4,8H2,1-3H3. The molecule has 1 aliphatic rings. The average Bonchev–Trinajstić information content (AvgIpc) is 2.25. The van der Waals surface area contributed by atoms with Crippen molar-refractivity contribution in [1.29, 1.82) is 0 Å². The Bertz CT molecular complexity index is 416. The van der Waals surface area contributed by atoms with Crippen LogP contribution in [0.1, 0.15) is 37.4 Å². The van der Waals surface area contributed by atoms with Crippen LogP contribution in [0.2, 0.25) is 0 Å². The predicted molar refractivity (Wildman–Crippen MR) is 68.1 cm³/mol. The molecule has 0 radical (unpaired) electrons. The Morgan fingerprint density at radius 1 is 1.50 bits per heavy atom. The Balaban J connectivity index is 2.49. The van der Waals surface area contributed by atoms with E-state index in [4.69, 9.17) is 0 Å². The molecular weight excluding hydrogens is 218 g/mol. The summed E-state index contributed by atoms with van der Waals surface area (Å²) in [5.74, 6) is 0. The van der Waals surface area contributed by atoms with Gasteiger partial charge in [0.1, 0.15) is 0 Å². The zero-order valence-corrected chi connectivity index (χ0v) is 10.9. The smallest absolute Gasteiger partial charge is 0.0564 e. The molecule has 88 valence electrons. The average molecular weight is 237 g/mol. The summed E-state index contributed by atoms with van der Waals surface area (Å²) in [4.78, 5) is 1.06. The van der Waals surface area contributed by atoms with Gasteiger partial charge < -0.3 is 5.32 Å². The topological polar surface area (TPSA) is 29.1 Å². The molecule has 0 saturated heterocycles. The summed E-state index contributed by atoms with van der Waals surface area (Å²) >= 11 is 0. The monoisotopic (exact) mass is 237 g/mol. The third-order valence-electron chi connectivity index (χ3n) is 3.20. The van der Waals surface area contributed by atoms with Crippen LogP contribution in [0.4, 0.5) is 0 Å². The molecule has 3 heteroatoms. The molecule has 0 saturated carbocycles. The molecule has 2 rings (SSSR count). The number of fused-ring (bicyclic) bond motifs is 1. The Kier molecular flexibility index (Phi) is 3.45. The molecule has 1 aliphatic heterocycles. The van der Waals surface area contributed by atoms with Gasteiger partial charge in [-0.1, -0.05) is 32.0 Å². The van der Waals surface area contributed by atoms with Crippen molar-refractivity contribution in [3.8, 4) is 0 Å². The van der Waals surface area contributed by atoms with Gasteiger partial charge in [0.25, 0.3) is 0 Å². The fourth-order valence-electron chi connectivity index (χ4n) is 2.41. The summed E-state index contributed by atoms with van der Waals surface area (Å²) in [6.45, 7) is 7.21. The molecule has 0 aliphatic carbocycles. The number of hydrogen-bond acceptors (Lipinski definition) is 2. The van der Waals surface area contributed by atoms with Crippen LogP contribution in [-0.2, 0) is 10.8 Å². The fraction of sp³-hybridized carbons (Fsp3) is 0.538. The van der Waals surface area contributed by atoms with Gasteiger partial charge in [-0.3, -0.25) is 4.21 Å². The highest BCUT2D eigenvalue weighted by Gasteiger charge is 2.30. The van der Waals surface area contributed by atoms with E-state index in [0.29, 0.717) is 6.04 Å². The lowest BCUT2D eigenvalue weighted by Crippen LogP contribution is -2.32. The van der Waals surface area contributed by atoms with E-state index in [2.05, 4.69) is 44.3 Å². The summed E-state index contributed by atoms with van der Waals surface area (Å²) in [6, 6.07) is 6.59. The first-order valence-corrected chi connectivity index (χ1v) is 7.10. The highest BCUT2D eigenvalue weighted by molar-refractivity contribution is 7.85. The first-order valence-electron chi connectivity index (χ1n) is 5.88. The van der Waals surface area contributed by atoms with Crippen molar-refractivity contribution < 1.29 is 4.21 Å². The second-order valence-electron chi connectivity index (χ2n) is 4.45. The van der Waals surface area contributed by atoms with Crippen molar-refractivity contribution in [3.63, 3.8) is 0 Å².